The average Bonchev–Trinajstić information content (AvgIpc) is 3.20. The number of thioether (sulfide) groups is 1. The van der Waals surface area contributed by atoms with E-state index in [1.54, 1.807) is 19.1 Å². The molecule has 1 aliphatic heterocycles. The summed E-state index contributed by atoms with van der Waals surface area (Å²) in [7, 11) is 0. The fourth-order valence-electron chi connectivity index (χ4n) is 3.63. The molecule has 1 aromatic rings. The Morgan fingerprint density at radius 2 is 2.11 bits per heavy atom. The summed E-state index contributed by atoms with van der Waals surface area (Å²) in [6.45, 7) is 1.37. The van der Waals surface area contributed by atoms with Crippen LogP contribution in [0.5, 0.6) is 0 Å². The highest BCUT2D eigenvalue weighted by Gasteiger charge is 2.48. The van der Waals surface area contributed by atoms with Gasteiger partial charge in [-0.05, 0) is 31.9 Å². The van der Waals surface area contributed by atoms with Gasteiger partial charge in [-0.2, -0.15) is 0 Å². The Balaban J connectivity index is 1.72. The quantitative estimate of drug-likeness (QED) is 0.683. The van der Waals surface area contributed by atoms with Crippen LogP contribution >= 0.6 is 23.4 Å². The van der Waals surface area contributed by atoms with Crippen LogP contribution in [0.4, 0.5) is 8.78 Å². The molecule has 2 aliphatic rings. The van der Waals surface area contributed by atoms with E-state index in [1.807, 2.05) is 0 Å². The van der Waals surface area contributed by atoms with Gasteiger partial charge in [-0.15, -0.1) is 11.8 Å². The van der Waals surface area contributed by atoms with Gasteiger partial charge in [-0.25, -0.2) is 13.8 Å². The van der Waals surface area contributed by atoms with E-state index in [9.17, 15) is 18.4 Å². The molecule has 1 saturated heterocycles. The van der Waals surface area contributed by atoms with Gasteiger partial charge in [0.05, 0.1) is 35.0 Å². The van der Waals surface area contributed by atoms with E-state index >= 15 is 0 Å². The summed E-state index contributed by atoms with van der Waals surface area (Å²) in [5.41, 5.74) is 0. The number of carbonyl (C=O) groups is 2. The first-order chi connectivity index (χ1) is 12.8. The van der Waals surface area contributed by atoms with Crippen LogP contribution in [0.15, 0.2) is 23.4 Å². The minimum absolute atomic E-state index is 0.0223. The Morgan fingerprint density at radius 1 is 1.37 bits per heavy atom. The average molecular weight is 419 g/mol. The highest BCUT2D eigenvalue weighted by Crippen LogP contribution is 2.43. The van der Waals surface area contributed by atoms with E-state index in [4.69, 9.17) is 16.3 Å². The fraction of sp³-hybridized carbons (Fsp3) is 0.611. The van der Waals surface area contributed by atoms with E-state index in [1.165, 1.54) is 22.9 Å². The van der Waals surface area contributed by atoms with E-state index in [-0.39, 0.29) is 30.7 Å². The molecular weight excluding hydrogens is 398 g/mol. The maximum absolute atomic E-state index is 13.5. The summed E-state index contributed by atoms with van der Waals surface area (Å²) in [5, 5.41) is 1.25. The van der Waals surface area contributed by atoms with Gasteiger partial charge in [0, 0.05) is 24.4 Å². The molecule has 1 amide bonds. The molecule has 0 unspecified atom stereocenters. The third-order valence-corrected chi connectivity index (χ3v) is 6.32. The lowest BCUT2D eigenvalue weighted by Gasteiger charge is -2.23. The summed E-state index contributed by atoms with van der Waals surface area (Å²) in [5.74, 6) is -4.92. The third kappa shape index (κ3) is 4.90. The predicted molar refractivity (Wildman–Crippen MR) is 97.9 cm³/mol. The van der Waals surface area contributed by atoms with Gasteiger partial charge in [0.25, 0.3) is 5.92 Å². The minimum atomic E-state index is -2.85. The molecule has 1 aliphatic carbocycles. The van der Waals surface area contributed by atoms with Gasteiger partial charge < -0.3 is 9.64 Å². The van der Waals surface area contributed by atoms with Crippen molar-refractivity contribution in [2.24, 2.45) is 11.8 Å². The fourth-order valence-corrected chi connectivity index (χ4v) is 4.95. The Labute approximate surface area is 165 Å². The number of nitrogens with zero attached hydrogens (tertiary/aromatic N) is 2. The first-order valence-corrected chi connectivity index (χ1v) is 10.2. The molecule has 3 rings (SSSR count). The van der Waals surface area contributed by atoms with Crippen LogP contribution < -0.4 is 0 Å². The zero-order valence-corrected chi connectivity index (χ0v) is 16.4. The standard InChI is InChI=1S/C18H21ClF2N2O3S/c1-2-26-17(25)14-8-12(27-15-4-3-11(19)9-22-15)7-13(14)16(24)23-6-5-18(20,21)10-23/h3-4,9,12-14H,2,5-8,10H2,1H3/t12-,13+,14+/m0/s1. The molecule has 5 nitrogen and oxygen atoms in total. The zero-order valence-electron chi connectivity index (χ0n) is 14.9. The van der Waals surface area contributed by atoms with Crippen LogP contribution in [0.3, 0.4) is 0 Å². The number of hydrogen-bond donors (Lipinski definition) is 0. The van der Waals surface area contributed by atoms with Crippen LogP contribution in [-0.4, -0.2) is 52.6 Å². The third-order valence-electron chi connectivity index (χ3n) is 4.89. The van der Waals surface area contributed by atoms with Crippen molar-refractivity contribution in [1.29, 1.82) is 0 Å². The van der Waals surface area contributed by atoms with Crippen molar-refractivity contribution in [1.82, 2.24) is 9.88 Å². The molecule has 3 atom stereocenters. The van der Waals surface area contributed by atoms with Gasteiger partial charge in [-0.3, -0.25) is 9.59 Å². The Morgan fingerprint density at radius 3 is 2.70 bits per heavy atom. The lowest BCUT2D eigenvalue weighted by molar-refractivity contribution is -0.153. The molecule has 9 heteroatoms. The molecule has 1 aromatic heterocycles. The summed E-state index contributed by atoms with van der Waals surface area (Å²) in [6.07, 6.45) is 2.09. The summed E-state index contributed by atoms with van der Waals surface area (Å²) in [6, 6.07) is 3.51. The second-order valence-electron chi connectivity index (χ2n) is 6.86. The van der Waals surface area contributed by atoms with E-state index in [0.717, 1.165) is 5.03 Å². The molecule has 0 radical (unpaired) electrons. The lowest BCUT2D eigenvalue weighted by Crippen LogP contribution is -2.39. The molecule has 27 heavy (non-hydrogen) atoms. The number of amides is 1. The van der Waals surface area contributed by atoms with Crippen molar-refractivity contribution >= 4 is 35.2 Å². The molecule has 2 heterocycles. The Bertz CT molecular complexity index is 704. The summed E-state index contributed by atoms with van der Waals surface area (Å²) in [4.78, 5) is 30.6. The topological polar surface area (TPSA) is 59.5 Å². The monoisotopic (exact) mass is 418 g/mol. The Hall–Kier alpha value is -1.41. The zero-order chi connectivity index (χ0) is 19.6. The molecule has 0 bridgehead atoms. The van der Waals surface area contributed by atoms with Gasteiger partial charge in [0.2, 0.25) is 5.91 Å². The van der Waals surface area contributed by atoms with Crippen LogP contribution in [0.2, 0.25) is 5.02 Å². The predicted octanol–water partition coefficient (Wildman–Crippen LogP) is 3.65. The lowest BCUT2D eigenvalue weighted by atomic mass is 9.95. The normalized spacial score (nSPS) is 27.0. The number of hydrogen-bond acceptors (Lipinski definition) is 5. The summed E-state index contributed by atoms with van der Waals surface area (Å²) < 4.78 is 32.1. The van der Waals surface area contributed by atoms with Crippen LogP contribution in [0.1, 0.15) is 26.2 Å². The first-order valence-electron chi connectivity index (χ1n) is 8.90. The number of alkyl halides is 2. The number of aromatic nitrogens is 1. The number of ether oxygens (including phenoxy) is 1. The van der Waals surface area contributed by atoms with E-state index in [0.29, 0.717) is 17.9 Å². The molecule has 2 fully saturated rings. The SMILES string of the molecule is CCOC(=O)[C@@H]1C[C@@H](Sc2ccc(Cl)cn2)C[C@H]1C(=O)N1CCC(F)(F)C1. The van der Waals surface area contributed by atoms with Crippen molar-refractivity contribution in [2.75, 3.05) is 19.7 Å². The van der Waals surface area contributed by atoms with Crippen molar-refractivity contribution in [3.63, 3.8) is 0 Å². The van der Waals surface area contributed by atoms with Crippen molar-refractivity contribution < 1.29 is 23.1 Å². The van der Waals surface area contributed by atoms with Crippen LogP contribution in [0, 0.1) is 11.8 Å². The number of rotatable bonds is 5. The van der Waals surface area contributed by atoms with Crippen molar-refractivity contribution in [3.05, 3.63) is 23.4 Å². The number of likely N-dealkylation sites (tertiary alicyclic amines) is 1. The number of carbonyl (C=O) groups excluding carboxylic acids is 2. The maximum Gasteiger partial charge on any atom is 0.309 e. The second-order valence-corrected chi connectivity index (χ2v) is 8.61. The molecule has 148 valence electrons. The minimum Gasteiger partial charge on any atom is -0.466 e. The molecule has 0 aromatic carbocycles. The van der Waals surface area contributed by atoms with Crippen molar-refractivity contribution in [3.8, 4) is 0 Å². The first kappa shape index (κ1) is 20.3. The molecule has 0 spiro atoms. The molecule has 0 N–H and O–H groups in total. The van der Waals surface area contributed by atoms with Crippen LogP contribution in [0.25, 0.3) is 0 Å². The molecule has 1 saturated carbocycles. The Kier molecular flexibility index (Phi) is 6.25. The van der Waals surface area contributed by atoms with Gasteiger partial charge in [-0.1, -0.05) is 11.6 Å². The van der Waals surface area contributed by atoms with Gasteiger partial charge in [0.1, 0.15) is 0 Å². The van der Waals surface area contributed by atoms with Gasteiger partial charge in [0.15, 0.2) is 0 Å². The van der Waals surface area contributed by atoms with Crippen LogP contribution in [-0.2, 0) is 14.3 Å². The second kappa shape index (κ2) is 8.31. The maximum atomic E-state index is 13.5. The largest absolute Gasteiger partial charge is 0.466 e. The van der Waals surface area contributed by atoms with E-state index in [2.05, 4.69) is 4.98 Å². The van der Waals surface area contributed by atoms with Crippen molar-refractivity contribution in [2.45, 2.75) is 42.4 Å². The smallest absolute Gasteiger partial charge is 0.309 e. The van der Waals surface area contributed by atoms with E-state index < -0.39 is 30.3 Å². The van der Waals surface area contributed by atoms with Gasteiger partial charge >= 0.3 is 5.97 Å². The number of halogens is 3. The number of pyridine rings is 1. The molecular formula is C18H21ClF2N2O3S. The summed E-state index contributed by atoms with van der Waals surface area (Å²) >= 11 is 7.31. The highest BCUT2D eigenvalue weighted by atomic mass is 35.5. The highest BCUT2D eigenvalue weighted by molar-refractivity contribution is 7.99. The number of esters is 1.